The molecule has 6 amide bonds. The highest BCUT2D eigenvalue weighted by molar-refractivity contribution is 7.90. The molecule has 84 heavy (non-hydrogen) atoms. The summed E-state index contributed by atoms with van der Waals surface area (Å²) in [4.78, 5) is 37.7. The number of carbonyl (C=O) groups excluding carboxylic acids is 3. The van der Waals surface area contributed by atoms with Crippen LogP contribution in [-0.2, 0) is 101 Å². The lowest BCUT2D eigenvalue weighted by Crippen LogP contribution is -2.35. The second-order valence-corrected chi connectivity index (χ2v) is 28.0. The molecule has 7 aliphatic rings. The fourth-order valence-electron chi connectivity index (χ4n) is 12.7. The molecule has 0 spiro atoms. The zero-order valence-electron chi connectivity index (χ0n) is 47.9. The maximum atomic E-state index is 12.8. The molecule has 0 fully saturated rings. The molecule has 26 heteroatoms. The number of sulfonamides is 3. The van der Waals surface area contributed by atoms with Crippen LogP contribution in [0.4, 0.5) is 31.4 Å². The molecule has 448 valence electrons. The lowest BCUT2D eigenvalue weighted by molar-refractivity contribution is 0.224. The van der Waals surface area contributed by atoms with Crippen molar-refractivity contribution in [2.75, 3.05) is 29.2 Å². The fourth-order valence-corrected chi connectivity index (χ4v) is 15.7. The molecule has 1 unspecified atom stereocenters. The number of anilines is 3. The summed E-state index contributed by atoms with van der Waals surface area (Å²) in [6.07, 6.45) is 19.2. The molecule has 1 atom stereocenters. The Morgan fingerprint density at radius 1 is 0.512 bits per heavy atom. The molecule has 0 saturated carbocycles. The minimum absolute atomic E-state index is 0.0396. The van der Waals surface area contributed by atoms with Crippen LogP contribution in [0.15, 0.2) is 63.6 Å². The molecular formula is C58H72N12O11S3. The molecule has 3 aromatic heterocycles. The minimum Gasteiger partial charge on any atom is -0.477 e. The Balaban J connectivity index is 0.000000131. The maximum absolute atomic E-state index is 12.8. The van der Waals surface area contributed by atoms with Gasteiger partial charge in [-0.1, -0.05) is 58.0 Å². The van der Waals surface area contributed by atoms with Crippen LogP contribution in [0.2, 0.25) is 0 Å². The van der Waals surface area contributed by atoms with Crippen LogP contribution in [0.1, 0.15) is 159 Å². The summed E-state index contributed by atoms with van der Waals surface area (Å²) in [7, 11) is -12.1. The van der Waals surface area contributed by atoms with Gasteiger partial charge in [-0.05, 0) is 171 Å². The van der Waals surface area contributed by atoms with Gasteiger partial charge < -0.3 is 25.4 Å². The van der Waals surface area contributed by atoms with Crippen LogP contribution >= 0.6 is 0 Å². The van der Waals surface area contributed by atoms with E-state index in [2.05, 4.69) is 57.5 Å². The molecule has 0 bridgehead atoms. The van der Waals surface area contributed by atoms with Crippen LogP contribution in [-0.4, -0.2) is 85.9 Å². The van der Waals surface area contributed by atoms with E-state index in [1.807, 2.05) is 52.8 Å². The number of urea groups is 3. The Bertz CT molecular complexity index is 3720. The third kappa shape index (κ3) is 11.7. The molecule has 3 aromatic carbocycles. The van der Waals surface area contributed by atoms with Gasteiger partial charge in [0.2, 0.25) is 11.8 Å². The number of nitrogens with zero attached hydrogens (tertiary/aromatic N) is 6. The largest absolute Gasteiger partial charge is 0.477 e. The second kappa shape index (κ2) is 23.5. The van der Waals surface area contributed by atoms with Crippen molar-refractivity contribution in [3.05, 3.63) is 110 Å². The normalized spacial score (nSPS) is 17.1. The molecule has 6 N–H and O–H groups in total. The zero-order valence-corrected chi connectivity index (χ0v) is 50.3. The highest BCUT2D eigenvalue weighted by Gasteiger charge is 2.35. The monoisotopic (exact) mass is 1210 g/mol. The van der Waals surface area contributed by atoms with Gasteiger partial charge in [0.05, 0.1) is 36.9 Å². The average Bonchev–Trinajstić information content (AvgIpc) is 4.07. The topological polar surface area (TPSA) is 298 Å². The molecule has 0 radical (unpaired) electrons. The quantitative estimate of drug-likeness (QED) is 0.0709. The predicted molar refractivity (Wildman–Crippen MR) is 314 cm³/mol. The molecule has 3 aliphatic heterocycles. The van der Waals surface area contributed by atoms with Crippen molar-refractivity contribution in [1.82, 2.24) is 43.5 Å². The van der Waals surface area contributed by atoms with E-state index >= 15 is 0 Å². The average molecular weight is 1210 g/mol. The first kappa shape index (κ1) is 58.3. The van der Waals surface area contributed by atoms with Crippen molar-refractivity contribution in [2.45, 2.75) is 183 Å². The Labute approximate surface area is 489 Å². The lowest BCUT2D eigenvalue weighted by Gasteiger charge is -2.20. The molecule has 0 saturated heterocycles. The fraction of sp³-hybridized carbons (Fsp3) is 0.483. The van der Waals surface area contributed by atoms with E-state index in [1.54, 1.807) is 4.68 Å². The molecule has 6 aromatic rings. The number of hydrogen-bond acceptors (Lipinski definition) is 14. The molecule has 6 heterocycles. The Morgan fingerprint density at radius 2 is 0.952 bits per heavy atom. The third-order valence-electron chi connectivity index (χ3n) is 16.6. The second-order valence-electron chi connectivity index (χ2n) is 23.1. The summed E-state index contributed by atoms with van der Waals surface area (Å²) in [5.74, 6) is 0.676. The van der Waals surface area contributed by atoms with Crippen molar-refractivity contribution >= 4 is 65.2 Å². The number of rotatable bonds is 11. The van der Waals surface area contributed by atoms with Gasteiger partial charge in [0.15, 0.2) is 9.79 Å². The Morgan fingerprint density at radius 3 is 1.46 bits per heavy atom. The molecule has 23 nitrogen and oxygen atoms in total. The number of benzene rings is 3. The molecular weight excluding hydrogens is 1140 g/mol. The number of fused-ring (bicyclic) bond motifs is 7. The number of para-hydroxylation sites is 1. The number of amides is 6. The molecule has 4 aliphatic carbocycles. The van der Waals surface area contributed by atoms with E-state index in [4.69, 9.17) is 9.47 Å². The first-order valence-corrected chi connectivity index (χ1v) is 33.5. The summed E-state index contributed by atoms with van der Waals surface area (Å²) in [5, 5.41) is 20.7. The smallest absolute Gasteiger partial charge is 0.333 e. The van der Waals surface area contributed by atoms with Crippen LogP contribution in [0.5, 0.6) is 11.8 Å². The van der Waals surface area contributed by atoms with Gasteiger partial charge >= 0.3 is 18.1 Å². The van der Waals surface area contributed by atoms with E-state index in [0.717, 1.165) is 136 Å². The summed E-state index contributed by atoms with van der Waals surface area (Å²) >= 11 is 0. The van der Waals surface area contributed by atoms with E-state index in [1.165, 1.54) is 61.3 Å². The Kier molecular flexibility index (Phi) is 16.3. The van der Waals surface area contributed by atoms with Gasteiger partial charge in [0.25, 0.3) is 30.1 Å². The summed E-state index contributed by atoms with van der Waals surface area (Å²) < 4.78 is 98.5. The molecule has 13 rings (SSSR count). The van der Waals surface area contributed by atoms with Crippen molar-refractivity contribution in [2.24, 2.45) is 0 Å². The first-order valence-electron chi connectivity index (χ1n) is 29.1. The number of aryl methyl sites for hydroxylation is 6. The van der Waals surface area contributed by atoms with E-state index in [-0.39, 0.29) is 44.3 Å². The van der Waals surface area contributed by atoms with Gasteiger partial charge in [0, 0.05) is 36.6 Å². The van der Waals surface area contributed by atoms with Crippen LogP contribution in [0.25, 0.3) is 0 Å². The standard InChI is InChI=1S/C20H24N4O3S.C19H22N4O4S.C19H26N4O4S/c25-20(23-28(26,27)18-12-21-24-10-2-1-9-17(18)24)22-19-15-7-3-5-13(15)11-14-6-4-8-16(14)19;1-11-10-27-18-16(9-20-23(11)18)28(25,26)22-19(24)21-17-14-6-2-4-12(14)8-13-5-3-7-15(13)17;1-12(2)14-7-5-8-15(13(3)4)17(14)21-19(24)22-28(25,26)16-11-20-23-9-6-10-27-18(16)23/h11-12H,1-10H2,(H2,22,23,25);8-9,11H,2-7,10H2,1H3,(H2,21,22,24);5,7-8,11-13H,6,9-10H2,1-4H3,(H2,21,22,24). The van der Waals surface area contributed by atoms with Crippen molar-refractivity contribution in [3.8, 4) is 11.8 Å². The highest BCUT2D eigenvalue weighted by atomic mass is 32.2. The van der Waals surface area contributed by atoms with Crippen LogP contribution in [0.3, 0.4) is 0 Å². The summed E-state index contributed by atoms with van der Waals surface area (Å²) in [6.45, 7) is 12.1. The first-order chi connectivity index (χ1) is 40.2. The Hall–Kier alpha value is -7.45. The van der Waals surface area contributed by atoms with E-state index in [9.17, 15) is 39.6 Å². The minimum atomic E-state index is -4.11. The van der Waals surface area contributed by atoms with Crippen molar-refractivity contribution < 1.29 is 49.1 Å². The number of carbonyl (C=O) groups is 3. The summed E-state index contributed by atoms with van der Waals surface area (Å²) in [5.41, 5.74) is 14.7. The van der Waals surface area contributed by atoms with Crippen molar-refractivity contribution in [1.29, 1.82) is 0 Å². The third-order valence-corrected chi connectivity index (χ3v) is 20.6. The number of ether oxygens (including phenoxy) is 2. The van der Waals surface area contributed by atoms with Gasteiger partial charge in [-0.3, -0.25) is 4.68 Å². The van der Waals surface area contributed by atoms with Gasteiger partial charge in [-0.25, -0.2) is 63.2 Å². The predicted octanol–water partition coefficient (Wildman–Crippen LogP) is 8.45. The van der Waals surface area contributed by atoms with Crippen molar-refractivity contribution in [3.63, 3.8) is 0 Å². The highest BCUT2D eigenvalue weighted by Crippen LogP contribution is 2.41. The lowest BCUT2D eigenvalue weighted by atomic mass is 9.93. The van der Waals surface area contributed by atoms with Gasteiger partial charge in [-0.2, -0.15) is 15.3 Å². The number of nitrogens with one attached hydrogen (secondary N) is 6. The van der Waals surface area contributed by atoms with Gasteiger partial charge in [0.1, 0.15) is 11.5 Å². The van der Waals surface area contributed by atoms with Crippen LogP contribution in [0, 0.1) is 0 Å². The zero-order chi connectivity index (χ0) is 59.2. The maximum Gasteiger partial charge on any atom is 0.333 e. The van der Waals surface area contributed by atoms with Gasteiger partial charge in [-0.15, -0.1) is 0 Å². The van der Waals surface area contributed by atoms with E-state index < -0.39 is 48.2 Å². The van der Waals surface area contributed by atoms with E-state index in [0.29, 0.717) is 37.6 Å². The van der Waals surface area contributed by atoms with Crippen LogP contribution < -0.4 is 39.6 Å². The SMILES string of the molecule is CC(C)c1cccc(C(C)C)c1NC(=O)NS(=O)(=O)c1cnn2c1OCCC2.CC1COc2c(S(=O)(=O)NC(=O)Nc3c4c(cc5c3CCC5)CCC4)cnn21.O=C(Nc1c2c(cc3c1CCC3)CCC2)NS(=O)(=O)c1cnn2c1CCCC2. The number of aromatic nitrogens is 6. The number of hydrogen-bond donors (Lipinski definition) is 6. The summed E-state index contributed by atoms with van der Waals surface area (Å²) in [6, 6.07) is 8.06.